The van der Waals surface area contributed by atoms with E-state index in [0.717, 1.165) is 5.56 Å². The number of hydrogen-bond acceptors (Lipinski definition) is 6. The molecule has 26 heavy (non-hydrogen) atoms. The van der Waals surface area contributed by atoms with Crippen molar-refractivity contribution in [3.05, 3.63) is 77.6 Å². The zero-order chi connectivity index (χ0) is 18.1. The van der Waals surface area contributed by atoms with E-state index < -0.39 is 6.10 Å². The lowest BCUT2D eigenvalue weighted by atomic mass is 10.1. The van der Waals surface area contributed by atoms with Gasteiger partial charge < -0.3 is 10.8 Å². The average Bonchev–Trinajstić information content (AvgIpc) is 3.13. The Bertz CT molecular complexity index is 1130. The molecule has 1 atom stereocenters. The van der Waals surface area contributed by atoms with Crippen LogP contribution < -0.4 is 5.73 Å². The predicted octanol–water partition coefficient (Wildman–Crippen LogP) is 2.33. The first-order valence-electron chi connectivity index (χ1n) is 7.92. The lowest BCUT2D eigenvalue weighted by Gasteiger charge is -2.05. The molecule has 3 N–H and O–H groups in total. The van der Waals surface area contributed by atoms with Gasteiger partial charge in [0.1, 0.15) is 6.10 Å². The third-order valence-corrected chi connectivity index (χ3v) is 4.01. The molecule has 4 aromatic rings. The van der Waals surface area contributed by atoms with Crippen LogP contribution in [-0.4, -0.2) is 24.7 Å². The van der Waals surface area contributed by atoms with Crippen LogP contribution in [0.25, 0.3) is 16.9 Å². The van der Waals surface area contributed by atoms with Crippen molar-refractivity contribution in [3.8, 4) is 17.3 Å². The van der Waals surface area contributed by atoms with E-state index in [1.165, 1.54) is 4.52 Å². The van der Waals surface area contributed by atoms with Crippen LogP contribution in [-0.2, 0) is 0 Å². The average molecular weight is 342 g/mol. The maximum Gasteiger partial charge on any atom is 0.223 e. The van der Waals surface area contributed by atoms with E-state index in [1.807, 2.05) is 24.3 Å². The fourth-order valence-corrected chi connectivity index (χ4v) is 2.72. The Morgan fingerprint density at radius 2 is 1.85 bits per heavy atom. The molecule has 7 heteroatoms. The standard InChI is InChI=1S/C19H14N6O/c20-11-12-5-4-8-14(9-12)15-10-16-23-18(24-25(16)19(21)22-15)17(26)13-6-2-1-3-7-13/h1-10,17,26H,(H2,21,22). The van der Waals surface area contributed by atoms with Gasteiger partial charge in [0.25, 0.3) is 0 Å². The van der Waals surface area contributed by atoms with Gasteiger partial charge in [-0.15, -0.1) is 5.10 Å². The van der Waals surface area contributed by atoms with Crippen LogP contribution in [0.3, 0.4) is 0 Å². The Morgan fingerprint density at radius 1 is 1.04 bits per heavy atom. The molecule has 0 saturated heterocycles. The minimum atomic E-state index is -0.958. The summed E-state index contributed by atoms with van der Waals surface area (Å²) < 4.78 is 1.39. The number of nitrogens with zero attached hydrogens (tertiary/aromatic N) is 5. The van der Waals surface area contributed by atoms with E-state index in [0.29, 0.717) is 22.5 Å². The first-order valence-corrected chi connectivity index (χ1v) is 7.92. The van der Waals surface area contributed by atoms with Gasteiger partial charge in [-0.05, 0) is 17.7 Å². The summed E-state index contributed by atoms with van der Waals surface area (Å²) in [6.07, 6.45) is -0.958. The number of benzene rings is 2. The second-order valence-electron chi connectivity index (χ2n) is 5.75. The molecule has 0 aliphatic carbocycles. The second kappa shape index (κ2) is 6.27. The van der Waals surface area contributed by atoms with Crippen LogP contribution in [0.2, 0.25) is 0 Å². The van der Waals surface area contributed by atoms with Gasteiger partial charge in [0, 0.05) is 11.6 Å². The van der Waals surface area contributed by atoms with Crippen molar-refractivity contribution in [3.63, 3.8) is 0 Å². The SMILES string of the molecule is N#Cc1cccc(-c2cc3nc(C(O)c4ccccc4)nn3c(N)n2)c1. The monoisotopic (exact) mass is 342 g/mol. The fraction of sp³-hybridized carbons (Fsp3) is 0.0526. The Morgan fingerprint density at radius 3 is 2.62 bits per heavy atom. The number of nitrogen functional groups attached to an aromatic ring is 1. The number of anilines is 1. The lowest BCUT2D eigenvalue weighted by molar-refractivity contribution is 0.210. The van der Waals surface area contributed by atoms with Crippen LogP contribution in [0.1, 0.15) is 23.1 Å². The van der Waals surface area contributed by atoms with Crippen molar-refractivity contribution < 1.29 is 5.11 Å². The zero-order valence-corrected chi connectivity index (χ0v) is 13.6. The van der Waals surface area contributed by atoms with E-state index >= 15 is 0 Å². The van der Waals surface area contributed by atoms with Crippen molar-refractivity contribution >= 4 is 11.6 Å². The maximum absolute atomic E-state index is 10.5. The number of aliphatic hydroxyl groups is 1. The van der Waals surface area contributed by atoms with Crippen molar-refractivity contribution in [1.82, 2.24) is 19.6 Å². The number of fused-ring (bicyclic) bond motifs is 1. The van der Waals surface area contributed by atoms with Crippen LogP contribution >= 0.6 is 0 Å². The highest BCUT2D eigenvalue weighted by atomic mass is 16.3. The summed E-state index contributed by atoms with van der Waals surface area (Å²) >= 11 is 0. The molecule has 1 unspecified atom stereocenters. The quantitative estimate of drug-likeness (QED) is 0.591. The van der Waals surface area contributed by atoms with Crippen LogP contribution in [0.5, 0.6) is 0 Å². The highest BCUT2D eigenvalue weighted by molar-refractivity contribution is 5.66. The first-order chi connectivity index (χ1) is 12.7. The predicted molar refractivity (Wildman–Crippen MR) is 95.8 cm³/mol. The number of rotatable bonds is 3. The fourth-order valence-electron chi connectivity index (χ4n) is 2.72. The van der Waals surface area contributed by atoms with Gasteiger partial charge in [-0.3, -0.25) is 0 Å². The molecule has 4 rings (SSSR count). The molecule has 0 fully saturated rings. The second-order valence-corrected chi connectivity index (χ2v) is 5.75. The van der Waals surface area contributed by atoms with E-state index in [1.54, 1.807) is 36.4 Å². The highest BCUT2D eigenvalue weighted by Crippen LogP contribution is 2.24. The Kier molecular flexibility index (Phi) is 3.80. The van der Waals surface area contributed by atoms with Gasteiger partial charge in [-0.2, -0.15) is 9.78 Å². The van der Waals surface area contributed by atoms with Crippen molar-refractivity contribution in [2.24, 2.45) is 0 Å². The summed E-state index contributed by atoms with van der Waals surface area (Å²) in [5.74, 6) is 0.395. The third-order valence-electron chi connectivity index (χ3n) is 4.01. The summed E-state index contributed by atoms with van der Waals surface area (Å²) in [7, 11) is 0. The minimum Gasteiger partial charge on any atom is -0.380 e. The summed E-state index contributed by atoms with van der Waals surface area (Å²) in [5.41, 5.74) is 9.05. The van der Waals surface area contributed by atoms with Gasteiger partial charge in [-0.1, -0.05) is 42.5 Å². The molecule has 0 saturated carbocycles. The van der Waals surface area contributed by atoms with Crippen LogP contribution in [0.15, 0.2) is 60.7 Å². The maximum atomic E-state index is 10.5. The number of nitrogens with two attached hydrogens (primary N) is 1. The summed E-state index contributed by atoms with van der Waals surface area (Å²) in [4.78, 5) is 8.74. The molecule has 0 bridgehead atoms. The van der Waals surface area contributed by atoms with Crippen LogP contribution in [0.4, 0.5) is 5.95 Å². The summed E-state index contributed by atoms with van der Waals surface area (Å²) in [5, 5.41) is 23.8. The van der Waals surface area contributed by atoms with E-state index in [-0.39, 0.29) is 11.8 Å². The summed E-state index contributed by atoms with van der Waals surface area (Å²) in [6, 6.07) is 20.1. The van der Waals surface area contributed by atoms with Crippen LogP contribution in [0, 0.1) is 11.3 Å². The van der Waals surface area contributed by atoms with E-state index in [9.17, 15) is 5.11 Å². The van der Waals surface area contributed by atoms with Gasteiger partial charge in [-0.25, -0.2) is 9.97 Å². The Hall–Kier alpha value is -3.76. The molecule has 2 aromatic heterocycles. The summed E-state index contributed by atoms with van der Waals surface area (Å²) in [6.45, 7) is 0. The molecule has 126 valence electrons. The lowest BCUT2D eigenvalue weighted by Crippen LogP contribution is -2.05. The van der Waals surface area contributed by atoms with Crippen molar-refractivity contribution in [2.45, 2.75) is 6.10 Å². The molecule has 0 radical (unpaired) electrons. The molecule has 2 aromatic carbocycles. The molecule has 2 heterocycles. The molecule has 0 spiro atoms. The number of hydrogen-bond donors (Lipinski definition) is 2. The molecule has 0 aliphatic rings. The smallest absolute Gasteiger partial charge is 0.223 e. The van der Waals surface area contributed by atoms with Gasteiger partial charge >= 0.3 is 0 Å². The first kappa shape index (κ1) is 15.7. The Labute approximate surface area is 149 Å². The largest absolute Gasteiger partial charge is 0.380 e. The topological polar surface area (TPSA) is 113 Å². The minimum absolute atomic E-state index is 0.152. The van der Waals surface area contributed by atoms with E-state index in [4.69, 9.17) is 11.0 Å². The number of aromatic nitrogens is 4. The van der Waals surface area contributed by atoms with Gasteiger partial charge in [0.2, 0.25) is 5.95 Å². The molecular formula is C19H14N6O. The zero-order valence-electron chi connectivity index (χ0n) is 13.6. The number of aliphatic hydroxyl groups excluding tert-OH is 1. The van der Waals surface area contributed by atoms with Gasteiger partial charge in [0.05, 0.1) is 17.3 Å². The molecule has 0 amide bonds. The highest BCUT2D eigenvalue weighted by Gasteiger charge is 2.18. The third kappa shape index (κ3) is 2.75. The molecule has 0 aliphatic heterocycles. The number of nitriles is 1. The van der Waals surface area contributed by atoms with Gasteiger partial charge in [0.15, 0.2) is 11.5 Å². The normalized spacial score (nSPS) is 12.0. The van der Waals surface area contributed by atoms with E-state index in [2.05, 4.69) is 21.1 Å². The van der Waals surface area contributed by atoms with Crippen molar-refractivity contribution in [1.29, 1.82) is 5.26 Å². The van der Waals surface area contributed by atoms with Crippen molar-refractivity contribution in [2.75, 3.05) is 5.73 Å². The Balaban J connectivity index is 1.79. The molecule has 7 nitrogen and oxygen atoms in total. The molecular weight excluding hydrogens is 328 g/mol.